The van der Waals surface area contributed by atoms with E-state index in [0.29, 0.717) is 20.3 Å². The fourth-order valence-electron chi connectivity index (χ4n) is 4.10. The highest BCUT2D eigenvalue weighted by Gasteiger charge is 2.67. The first kappa shape index (κ1) is 44.8. The third kappa shape index (κ3) is 11.2. The van der Waals surface area contributed by atoms with E-state index in [0.717, 1.165) is 13.8 Å². The largest absolute Gasteiger partial charge is 0.394 e. The van der Waals surface area contributed by atoms with E-state index in [9.17, 15) is 69.0 Å². The number of aldehydes is 1. The summed E-state index contributed by atoms with van der Waals surface area (Å²) in [4.78, 5) is 94.0. The Labute approximate surface area is 264 Å². The Kier molecular flexibility index (Phi) is 19.5. The summed E-state index contributed by atoms with van der Waals surface area (Å²) in [7, 11) is 0. The number of hydrogen-bond acceptors (Lipinski definition) is 16. The van der Waals surface area contributed by atoms with Crippen LogP contribution in [0.1, 0.15) is 67.2 Å². The number of ketones is 5. The van der Waals surface area contributed by atoms with Crippen LogP contribution in [0.4, 0.5) is 0 Å². The Morgan fingerprint density at radius 1 is 0.717 bits per heavy atom. The van der Waals surface area contributed by atoms with E-state index in [4.69, 9.17) is 10.2 Å². The fourth-order valence-corrected chi connectivity index (χ4v) is 4.10. The Balaban J connectivity index is 0. The molecule has 0 aromatic rings. The molecule has 46 heavy (non-hydrogen) atoms. The van der Waals surface area contributed by atoms with Gasteiger partial charge in [-0.25, -0.2) is 0 Å². The van der Waals surface area contributed by atoms with Crippen LogP contribution >= 0.6 is 0 Å². The second kappa shape index (κ2) is 20.0. The average molecular weight is 667 g/mol. The lowest BCUT2D eigenvalue weighted by atomic mass is 9.66. The summed E-state index contributed by atoms with van der Waals surface area (Å²) in [6.45, 7) is 5.42. The van der Waals surface area contributed by atoms with E-state index in [1.54, 1.807) is 13.8 Å². The summed E-state index contributed by atoms with van der Waals surface area (Å²) in [6, 6.07) is -3.79. The minimum atomic E-state index is -3.63. The minimum absolute atomic E-state index is 0.190. The van der Waals surface area contributed by atoms with Crippen molar-refractivity contribution in [3.05, 3.63) is 0 Å². The van der Waals surface area contributed by atoms with Crippen molar-refractivity contribution in [1.29, 1.82) is 0 Å². The number of carbonyl (C=O) groups excluding carboxylic acids is 8. The fraction of sp³-hybridized carbons (Fsp3) is 0.714. The quantitative estimate of drug-likeness (QED) is 0.0429. The zero-order chi connectivity index (χ0) is 36.7. The monoisotopic (exact) mass is 666 g/mol. The number of carbonyl (C=O) groups is 8. The maximum Gasteiger partial charge on any atom is 0.223 e. The van der Waals surface area contributed by atoms with Crippen molar-refractivity contribution in [1.82, 2.24) is 10.6 Å². The van der Waals surface area contributed by atoms with Gasteiger partial charge in [0.1, 0.15) is 48.9 Å². The zero-order valence-electron chi connectivity index (χ0n) is 26.5. The van der Waals surface area contributed by atoms with Gasteiger partial charge >= 0.3 is 0 Å². The van der Waals surface area contributed by atoms with E-state index in [1.165, 1.54) is 0 Å². The Morgan fingerprint density at radius 3 is 1.48 bits per heavy atom. The van der Waals surface area contributed by atoms with Crippen LogP contribution in [0.15, 0.2) is 0 Å². The van der Waals surface area contributed by atoms with Gasteiger partial charge in [-0.1, -0.05) is 13.8 Å². The van der Waals surface area contributed by atoms with Gasteiger partial charge < -0.3 is 56.3 Å². The lowest BCUT2D eigenvalue weighted by Crippen LogP contribution is -2.79. The molecule has 0 saturated carbocycles. The molecule has 0 heterocycles. The van der Waals surface area contributed by atoms with Gasteiger partial charge in [0.25, 0.3) is 0 Å². The van der Waals surface area contributed by atoms with Crippen LogP contribution in [0.5, 0.6) is 0 Å². The molecule has 0 radical (unpaired) electrons. The van der Waals surface area contributed by atoms with Gasteiger partial charge in [-0.3, -0.25) is 33.6 Å². The van der Waals surface area contributed by atoms with E-state index in [-0.39, 0.29) is 25.5 Å². The Bertz CT molecular complexity index is 1110. The van der Waals surface area contributed by atoms with Crippen LogP contribution in [0, 0.1) is 0 Å². The third-order valence-corrected chi connectivity index (χ3v) is 6.86. The van der Waals surface area contributed by atoms with E-state index in [2.05, 4.69) is 5.32 Å². The summed E-state index contributed by atoms with van der Waals surface area (Å²) in [5.74, 6) is -8.24. The van der Waals surface area contributed by atoms with Gasteiger partial charge in [-0.2, -0.15) is 0 Å². The van der Waals surface area contributed by atoms with Crippen LogP contribution in [0.25, 0.3) is 0 Å². The number of hydrogen-bond donors (Lipinski definition) is 10. The molecule has 0 aliphatic carbocycles. The molecule has 18 nitrogen and oxygen atoms in total. The number of Topliss-reactive ketones (excluding diaryl/α,β-unsaturated/α-hetero) is 5. The number of aliphatic hydroxyl groups excluding tert-OH is 6. The third-order valence-electron chi connectivity index (χ3n) is 6.86. The molecule has 0 saturated heterocycles. The number of amides is 2. The van der Waals surface area contributed by atoms with E-state index < -0.39 is 101 Å². The first-order valence-corrected chi connectivity index (χ1v) is 14.1. The molecule has 0 rings (SSSR count). The highest BCUT2D eigenvalue weighted by Crippen LogP contribution is 2.34. The van der Waals surface area contributed by atoms with Crippen LogP contribution in [-0.4, -0.2) is 148 Å². The minimum Gasteiger partial charge on any atom is -0.394 e. The lowest BCUT2D eigenvalue weighted by molar-refractivity contribution is -0.221. The Morgan fingerprint density at radius 2 is 1.15 bits per heavy atom. The summed E-state index contributed by atoms with van der Waals surface area (Å²) in [5.41, 5.74) is -7.21. The van der Waals surface area contributed by atoms with Crippen LogP contribution in [-0.2, 0) is 38.4 Å². The van der Waals surface area contributed by atoms with Crippen molar-refractivity contribution in [2.45, 2.75) is 121 Å². The molecule has 1 unspecified atom stereocenters. The second-order valence-corrected chi connectivity index (χ2v) is 10.5. The van der Waals surface area contributed by atoms with Crippen LogP contribution < -0.4 is 10.6 Å². The smallest absolute Gasteiger partial charge is 0.223 e. The molecular formula is C28H46N2O16. The van der Waals surface area contributed by atoms with Gasteiger partial charge in [0, 0.05) is 19.8 Å². The summed E-state index contributed by atoms with van der Waals surface area (Å²) >= 11 is 0. The maximum absolute atomic E-state index is 12.4. The SMILES string of the molecule is CCCC(=O)N[C@@H](C=O)[C@@H](O)[C@H](O)[C@H](O)CO.CCCC(=O)N[C@H](C(=O)C(C)=O)[C@](O)(C(C)=O)[C@@](O)(C(C)=O)[C@H](O)C(O)C(C)=O. The first-order chi connectivity index (χ1) is 21.1. The zero-order valence-corrected chi connectivity index (χ0v) is 26.5. The summed E-state index contributed by atoms with van der Waals surface area (Å²) in [6.07, 6.45) is -9.05. The number of nitrogens with one attached hydrogen (secondary N) is 2. The molecular weight excluding hydrogens is 620 g/mol. The molecule has 0 aromatic carbocycles. The maximum atomic E-state index is 12.4. The van der Waals surface area contributed by atoms with Crippen molar-refractivity contribution in [3.8, 4) is 0 Å². The molecule has 0 aliphatic rings. The normalized spacial score (nSPS) is 18.2. The Hall–Kier alpha value is -3.36. The first-order valence-electron chi connectivity index (χ1n) is 14.1. The predicted octanol–water partition coefficient (Wildman–Crippen LogP) is -5.07. The van der Waals surface area contributed by atoms with E-state index in [1.807, 2.05) is 5.32 Å². The number of rotatable bonds is 20. The van der Waals surface area contributed by atoms with Crippen LogP contribution in [0.2, 0.25) is 0 Å². The molecule has 18 heteroatoms. The van der Waals surface area contributed by atoms with Crippen LogP contribution in [0.3, 0.4) is 0 Å². The van der Waals surface area contributed by atoms with Gasteiger partial charge in [0.05, 0.1) is 6.61 Å². The molecule has 264 valence electrons. The molecule has 0 fully saturated rings. The average Bonchev–Trinajstić information content (AvgIpc) is 2.99. The molecule has 0 aliphatic heterocycles. The molecule has 0 bridgehead atoms. The lowest BCUT2D eigenvalue weighted by Gasteiger charge is -2.46. The van der Waals surface area contributed by atoms with Crippen molar-refractivity contribution in [2.75, 3.05) is 6.61 Å². The second-order valence-electron chi connectivity index (χ2n) is 10.5. The van der Waals surface area contributed by atoms with E-state index >= 15 is 0 Å². The highest BCUT2D eigenvalue weighted by molar-refractivity contribution is 6.39. The standard InChI is InChI=1S/C18H27NO10.C10H19NO6/c1-6-7-12(24)19-15(13(25)8(2)20)17(28,10(4)22)18(29,11(5)23)16(27)14(26)9(3)21;1-2-3-8(15)11-6(4-12)9(16)10(17)7(14)5-13/h14-16,26-29H,6-7H2,1-5H3,(H,19,24);4,6-7,9-10,13-14,16-17H,2-3,5H2,1H3,(H,11,15)/t14?,15-,16-,17-,18-;6-,7+,9+,10+/m10/s1. The predicted molar refractivity (Wildman–Crippen MR) is 154 cm³/mol. The van der Waals surface area contributed by atoms with Crippen molar-refractivity contribution in [3.63, 3.8) is 0 Å². The summed E-state index contributed by atoms with van der Waals surface area (Å²) < 4.78 is 0. The van der Waals surface area contributed by atoms with Gasteiger partial charge in [0.15, 0.2) is 34.3 Å². The molecule has 10 N–H and O–H groups in total. The number of aliphatic hydroxyl groups is 8. The summed E-state index contributed by atoms with van der Waals surface area (Å²) in [5, 5.41) is 82.9. The van der Waals surface area contributed by atoms with Gasteiger partial charge in [-0.05, 0) is 33.6 Å². The van der Waals surface area contributed by atoms with Gasteiger partial charge in [-0.15, -0.1) is 0 Å². The molecule has 2 amide bonds. The molecule has 0 aromatic heterocycles. The van der Waals surface area contributed by atoms with Gasteiger partial charge in [0.2, 0.25) is 17.6 Å². The molecule has 0 spiro atoms. The van der Waals surface area contributed by atoms with Crippen molar-refractivity contribution in [2.24, 2.45) is 0 Å². The topological polar surface area (TPSA) is 322 Å². The molecule has 9 atom stereocenters. The van der Waals surface area contributed by atoms with Crippen molar-refractivity contribution >= 4 is 47.0 Å². The highest BCUT2D eigenvalue weighted by atomic mass is 16.4. The van der Waals surface area contributed by atoms with Crippen molar-refractivity contribution < 1.29 is 79.2 Å².